The predicted molar refractivity (Wildman–Crippen MR) is 86.6 cm³/mol. The molecule has 122 valence electrons. The van der Waals surface area contributed by atoms with Crippen LogP contribution in [-0.4, -0.2) is 40.3 Å². The number of methoxy groups -OCH3 is 1. The van der Waals surface area contributed by atoms with Gasteiger partial charge in [0.2, 0.25) is 15.9 Å². The first-order valence-corrected chi connectivity index (χ1v) is 9.47. The maximum atomic E-state index is 12.2. The van der Waals surface area contributed by atoms with Crippen molar-refractivity contribution in [3.63, 3.8) is 0 Å². The van der Waals surface area contributed by atoms with Crippen LogP contribution in [0.5, 0.6) is 0 Å². The molecule has 0 saturated heterocycles. The first kappa shape index (κ1) is 17.3. The summed E-state index contributed by atoms with van der Waals surface area (Å²) in [4.78, 5) is 12.9. The number of nitrogens with one attached hydrogen (secondary N) is 2. The minimum absolute atomic E-state index is 0.0890. The summed E-state index contributed by atoms with van der Waals surface area (Å²) in [7, 11) is -2.01. The van der Waals surface area contributed by atoms with Gasteiger partial charge >= 0.3 is 0 Å². The summed E-state index contributed by atoms with van der Waals surface area (Å²) in [5, 5.41) is 2.79. The fourth-order valence-corrected chi connectivity index (χ4v) is 4.06. The van der Waals surface area contributed by atoms with Gasteiger partial charge in [-0.05, 0) is 24.6 Å². The zero-order valence-electron chi connectivity index (χ0n) is 12.6. The number of rotatable bonds is 6. The fraction of sp³-hybridized carbons (Fsp3) is 0.500. The van der Waals surface area contributed by atoms with Gasteiger partial charge in [0.05, 0.1) is 10.6 Å². The number of fused-ring (bicyclic) bond motifs is 1. The van der Waals surface area contributed by atoms with Crippen LogP contribution in [0.25, 0.3) is 0 Å². The second-order valence-corrected chi connectivity index (χ2v) is 7.93. The van der Waals surface area contributed by atoms with Gasteiger partial charge in [0, 0.05) is 36.8 Å². The van der Waals surface area contributed by atoms with E-state index < -0.39 is 10.0 Å². The highest BCUT2D eigenvalue weighted by Crippen LogP contribution is 2.34. The second-order valence-electron chi connectivity index (χ2n) is 5.10. The van der Waals surface area contributed by atoms with Crippen LogP contribution in [0.2, 0.25) is 0 Å². The van der Waals surface area contributed by atoms with Crippen molar-refractivity contribution in [2.45, 2.75) is 23.1 Å². The zero-order valence-corrected chi connectivity index (χ0v) is 14.2. The third-order valence-corrected chi connectivity index (χ3v) is 6.07. The van der Waals surface area contributed by atoms with Crippen molar-refractivity contribution in [1.82, 2.24) is 4.72 Å². The molecule has 0 aliphatic carbocycles. The van der Waals surface area contributed by atoms with E-state index in [0.717, 1.165) is 4.90 Å². The van der Waals surface area contributed by atoms with E-state index in [0.29, 0.717) is 31.0 Å². The predicted octanol–water partition coefficient (Wildman–Crippen LogP) is 1.68. The summed E-state index contributed by atoms with van der Waals surface area (Å²) >= 11 is 1.55. The van der Waals surface area contributed by atoms with Crippen molar-refractivity contribution in [1.29, 1.82) is 0 Å². The van der Waals surface area contributed by atoms with E-state index in [4.69, 9.17) is 4.74 Å². The summed E-state index contributed by atoms with van der Waals surface area (Å²) in [5.41, 5.74) is 0.555. The number of carbonyl (C=O) groups is 1. The molecular weight excluding hydrogens is 324 g/mol. The van der Waals surface area contributed by atoms with Crippen LogP contribution in [-0.2, 0) is 19.6 Å². The first-order chi connectivity index (χ1) is 10.4. The highest BCUT2D eigenvalue weighted by molar-refractivity contribution is 7.99. The maximum Gasteiger partial charge on any atom is 0.240 e. The second kappa shape index (κ2) is 7.45. The first-order valence-electron chi connectivity index (χ1n) is 7.00. The molecule has 8 heteroatoms. The van der Waals surface area contributed by atoms with Gasteiger partial charge in [-0.3, -0.25) is 4.79 Å². The normalized spacial score (nSPS) is 18.5. The van der Waals surface area contributed by atoms with Crippen LogP contribution in [0, 0.1) is 5.92 Å². The van der Waals surface area contributed by atoms with Crippen LogP contribution in [0.3, 0.4) is 0 Å². The lowest BCUT2D eigenvalue weighted by Crippen LogP contribution is -2.26. The zero-order chi connectivity index (χ0) is 16.2. The third-order valence-electron chi connectivity index (χ3n) is 3.27. The smallest absolute Gasteiger partial charge is 0.240 e. The minimum atomic E-state index is -3.58. The Balaban J connectivity index is 2.16. The maximum absolute atomic E-state index is 12.2. The van der Waals surface area contributed by atoms with Crippen LogP contribution in [0.1, 0.15) is 13.3 Å². The van der Waals surface area contributed by atoms with E-state index in [1.807, 2.05) is 6.92 Å². The molecule has 0 saturated carbocycles. The van der Waals surface area contributed by atoms with Gasteiger partial charge in [-0.25, -0.2) is 13.1 Å². The molecule has 2 N–H and O–H groups in total. The van der Waals surface area contributed by atoms with Crippen LogP contribution >= 0.6 is 11.8 Å². The van der Waals surface area contributed by atoms with Crippen molar-refractivity contribution >= 4 is 33.4 Å². The SMILES string of the molecule is COCCCNS(=O)(=O)c1ccc2c(c1)NC(=O)[C@H](C)CS2. The molecule has 0 spiro atoms. The molecule has 1 heterocycles. The standard InChI is InChI=1S/C14H20N2O4S2/c1-10-9-21-13-5-4-11(8-12(13)16-14(10)17)22(18,19)15-6-3-7-20-2/h4-5,8,10,15H,3,6-7,9H2,1-2H3,(H,16,17)/t10-/m1/s1. The van der Waals surface area contributed by atoms with E-state index in [1.54, 1.807) is 31.0 Å². The van der Waals surface area contributed by atoms with Crippen LogP contribution in [0.15, 0.2) is 28.0 Å². The molecule has 22 heavy (non-hydrogen) atoms. The monoisotopic (exact) mass is 344 g/mol. The van der Waals surface area contributed by atoms with Gasteiger partial charge < -0.3 is 10.1 Å². The Labute approximate surface area is 135 Å². The quantitative estimate of drug-likeness (QED) is 0.767. The molecule has 0 radical (unpaired) electrons. The number of benzene rings is 1. The summed E-state index contributed by atoms with van der Waals surface area (Å²) in [6.07, 6.45) is 0.602. The minimum Gasteiger partial charge on any atom is -0.385 e. The van der Waals surface area contributed by atoms with Gasteiger partial charge in [-0.1, -0.05) is 6.92 Å². The molecule has 1 aliphatic heterocycles. The fourth-order valence-electron chi connectivity index (χ4n) is 1.95. The van der Waals surface area contributed by atoms with E-state index >= 15 is 0 Å². The van der Waals surface area contributed by atoms with Gasteiger partial charge in [0.1, 0.15) is 0 Å². The van der Waals surface area contributed by atoms with E-state index in [1.165, 1.54) is 6.07 Å². The molecule has 1 atom stereocenters. The number of thioether (sulfide) groups is 1. The number of ether oxygens (including phenoxy) is 1. The molecular formula is C14H20N2O4S2. The molecule has 2 rings (SSSR count). The Morgan fingerprint density at radius 2 is 2.23 bits per heavy atom. The van der Waals surface area contributed by atoms with E-state index in [2.05, 4.69) is 10.0 Å². The number of carbonyl (C=O) groups excluding carboxylic acids is 1. The molecule has 1 aromatic rings. The Morgan fingerprint density at radius 3 is 2.95 bits per heavy atom. The largest absolute Gasteiger partial charge is 0.385 e. The molecule has 0 aromatic heterocycles. The Bertz CT molecular complexity index is 646. The highest BCUT2D eigenvalue weighted by Gasteiger charge is 2.22. The highest BCUT2D eigenvalue weighted by atomic mass is 32.2. The van der Waals surface area contributed by atoms with E-state index in [-0.39, 0.29) is 16.7 Å². The Morgan fingerprint density at radius 1 is 1.45 bits per heavy atom. The average molecular weight is 344 g/mol. The van der Waals surface area contributed by atoms with Gasteiger partial charge in [-0.2, -0.15) is 0 Å². The third kappa shape index (κ3) is 4.22. The summed E-state index contributed by atoms with van der Waals surface area (Å²) in [6.45, 7) is 2.66. The molecule has 0 fully saturated rings. The molecule has 1 aliphatic rings. The molecule has 0 unspecified atom stereocenters. The summed E-state index contributed by atoms with van der Waals surface area (Å²) < 4.78 is 31.9. The molecule has 1 aromatic carbocycles. The van der Waals surface area contributed by atoms with Gasteiger partial charge in [-0.15, -0.1) is 11.8 Å². The van der Waals surface area contributed by atoms with Crippen molar-refractivity contribution in [2.24, 2.45) is 5.92 Å². The van der Waals surface area contributed by atoms with Crippen molar-refractivity contribution < 1.29 is 17.9 Å². The lowest BCUT2D eigenvalue weighted by Gasteiger charge is -2.11. The topological polar surface area (TPSA) is 84.5 Å². The lowest BCUT2D eigenvalue weighted by molar-refractivity contribution is -0.118. The van der Waals surface area contributed by atoms with Gasteiger partial charge in [0.15, 0.2) is 0 Å². The van der Waals surface area contributed by atoms with Crippen LogP contribution in [0.4, 0.5) is 5.69 Å². The van der Waals surface area contributed by atoms with Crippen LogP contribution < -0.4 is 10.0 Å². The lowest BCUT2D eigenvalue weighted by atomic mass is 10.2. The number of sulfonamides is 1. The van der Waals surface area contributed by atoms with Gasteiger partial charge in [0.25, 0.3) is 0 Å². The summed E-state index contributed by atoms with van der Waals surface area (Å²) in [5.74, 6) is 0.485. The number of hydrogen-bond acceptors (Lipinski definition) is 5. The average Bonchev–Trinajstić information content (AvgIpc) is 2.63. The molecule has 0 bridgehead atoms. The number of hydrogen-bond donors (Lipinski definition) is 2. The Kier molecular flexibility index (Phi) is 5.85. The van der Waals surface area contributed by atoms with Crippen molar-refractivity contribution in [3.05, 3.63) is 18.2 Å². The summed E-state index contributed by atoms with van der Waals surface area (Å²) in [6, 6.07) is 4.81. The molecule has 6 nitrogen and oxygen atoms in total. The number of anilines is 1. The van der Waals surface area contributed by atoms with Crippen molar-refractivity contribution in [3.8, 4) is 0 Å². The Hall–Kier alpha value is -1.09. The molecule has 1 amide bonds. The number of amides is 1. The van der Waals surface area contributed by atoms with Crippen molar-refractivity contribution in [2.75, 3.05) is 31.3 Å². The van der Waals surface area contributed by atoms with E-state index in [9.17, 15) is 13.2 Å².